The molecule has 1 N–H and O–H groups in total. The maximum atomic E-state index is 3.44. The van der Waals surface area contributed by atoms with E-state index in [9.17, 15) is 0 Å². The molecule has 0 bridgehead atoms. The van der Waals surface area contributed by atoms with E-state index in [-0.39, 0.29) is 0 Å². The second kappa shape index (κ2) is 6.61. The van der Waals surface area contributed by atoms with Crippen LogP contribution >= 0.6 is 0 Å². The lowest BCUT2D eigenvalue weighted by atomic mass is 9.88. The van der Waals surface area contributed by atoms with E-state index < -0.39 is 0 Å². The summed E-state index contributed by atoms with van der Waals surface area (Å²) in [6.07, 6.45) is 3.94. The van der Waals surface area contributed by atoms with Gasteiger partial charge >= 0.3 is 0 Å². The van der Waals surface area contributed by atoms with Gasteiger partial charge in [0.1, 0.15) is 0 Å². The van der Waals surface area contributed by atoms with Gasteiger partial charge in [-0.05, 0) is 38.8 Å². The molecule has 0 amide bonds. The van der Waals surface area contributed by atoms with Gasteiger partial charge in [-0.15, -0.1) is 0 Å². The van der Waals surface area contributed by atoms with Crippen molar-refractivity contribution in [2.45, 2.75) is 59.0 Å². The molecule has 0 aromatic heterocycles. The molecule has 0 aromatic carbocycles. The first-order valence-electron chi connectivity index (χ1n) is 7.05. The van der Waals surface area contributed by atoms with Gasteiger partial charge in [-0.25, -0.2) is 0 Å². The number of nitrogens with one attached hydrogen (secondary N) is 1. The van der Waals surface area contributed by atoms with Crippen molar-refractivity contribution in [1.82, 2.24) is 10.2 Å². The average molecular weight is 226 g/mol. The van der Waals surface area contributed by atoms with Crippen LogP contribution in [0, 0.1) is 11.8 Å². The number of piperidine rings is 1. The van der Waals surface area contributed by atoms with E-state index in [2.05, 4.69) is 45.0 Å². The molecule has 0 aliphatic carbocycles. The molecule has 1 saturated heterocycles. The predicted octanol–water partition coefficient (Wildman–Crippen LogP) is 2.74. The minimum Gasteiger partial charge on any atom is -0.317 e. The van der Waals surface area contributed by atoms with Crippen molar-refractivity contribution < 1.29 is 0 Å². The summed E-state index contributed by atoms with van der Waals surface area (Å²) in [4.78, 5) is 2.70. The number of hydrogen-bond acceptors (Lipinski definition) is 2. The lowest BCUT2D eigenvalue weighted by Gasteiger charge is -2.42. The van der Waals surface area contributed by atoms with Crippen LogP contribution in [0.5, 0.6) is 0 Å². The van der Waals surface area contributed by atoms with Crippen molar-refractivity contribution in [3.05, 3.63) is 0 Å². The Morgan fingerprint density at radius 1 is 1.31 bits per heavy atom. The van der Waals surface area contributed by atoms with E-state index in [0.717, 1.165) is 23.9 Å². The summed E-state index contributed by atoms with van der Waals surface area (Å²) in [5.41, 5.74) is 0. The molecule has 1 rings (SSSR count). The Balaban J connectivity index is 2.50. The van der Waals surface area contributed by atoms with Crippen molar-refractivity contribution in [2.75, 3.05) is 20.1 Å². The molecule has 1 aliphatic heterocycles. The highest BCUT2D eigenvalue weighted by Crippen LogP contribution is 2.24. The number of likely N-dealkylation sites (tertiary alicyclic amines) is 1. The third-order valence-electron chi connectivity index (χ3n) is 4.61. The van der Waals surface area contributed by atoms with Gasteiger partial charge < -0.3 is 10.2 Å². The van der Waals surface area contributed by atoms with Gasteiger partial charge in [0.2, 0.25) is 0 Å². The first-order chi connectivity index (χ1) is 7.63. The molecule has 2 heteroatoms. The Labute approximate surface area is 102 Å². The average Bonchev–Trinajstić information content (AvgIpc) is 2.30. The van der Waals surface area contributed by atoms with Gasteiger partial charge in [0.15, 0.2) is 0 Å². The molecule has 1 fully saturated rings. The normalized spacial score (nSPS) is 29.6. The van der Waals surface area contributed by atoms with E-state index in [0.29, 0.717) is 0 Å². The SMILES string of the molecule is CCC(CC)C(C)N1CCC(NC)C(C)C1. The molecular weight excluding hydrogens is 196 g/mol. The molecule has 0 spiro atoms. The largest absolute Gasteiger partial charge is 0.317 e. The van der Waals surface area contributed by atoms with Crippen LogP contribution in [-0.4, -0.2) is 37.1 Å². The molecule has 0 aromatic rings. The van der Waals surface area contributed by atoms with Crippen LogP contribution in [0.25, 0.3) is 0 Å². The lowest BCUT2D eigenvalue weighted by Crippen LogP contribution is -2.51. The maximum Gasteiger partial charge on any atom is 0.0114 e. The van der Waals surface area contributed by atoms with E-state index in [4.69, 9.17) is 0 Å². The summed E-state index contributed by atoms with van der Waals surface area (Å²) in [7, 11) is 2.10. The Hall–Kier alpha value is -0.0800. The van der Waals surface area contributed by atoms with Crippen molar-refractivity contribution in [2.24, 2.45) is 11.8 Å². The number of hydrogen-bond donors (Lipinski definition) is 1. The Morgan fingerprint density at radius 2 is 1.94 bits per heavy atom. The summed E-state index contributed by atoms with van der Waals surface area (Å²) in [6.45, 7) is 12.0. The standard InChI is InChI=1S/C14H30N2/c1-6-13(7-2)12(4)16-9-8-14(15-5)11(3)10-16/h11-15H,6-10H2,1-5H3. The topological polar surface area (TPSA) is 15.3 Å². The fourth-order valence-corrected chi connectivity index (χ4v) is 3.25. The van der Waals surface area contributed by atoms with Crippen LogP contribution in [0.4, 0.5) is 0 Å². The number of rotatable bonds is 5. The van der Waals surface area contributed by atoms with Crippen molar-refractivity contribution >= 4 is 0 Å². The zero-order chi connectivity index (χ0) is 12.1. The molecule has 1 heterocycles. The molecule has 0 saturated carbocycles. The van der Waals surface area contributed by atoms with Crippen LogP contribution in [0.15, 0.2) is 0 Å². The third kappa shape index (κ3) is 3.21. The monoisotopic (exact) mass is 226 g/mol. The van der Waals surface area contributed by atoms with Crippen LogP contribution in [0.2, 0.25) is 0 Å². The van der Waals surface area contributed by atoms with Crippen LogP contribution in [0.3, 0.4) is 0 Å². The van der Waals surface area contributed by atoms with Crippen molar-refractivity contribution in [3.8, 4) is 0 Å². The van der Waals surface area contributed by atoms with E-state index >= 15 is 0 Å². The summed E-state index contributed by atoms with van der Waals surface area (Å²) >= 11 is 0. The fourth-order valence-electron chi connectivity index (χ4n) is 3.25. The predicted molar refractivity (Wildman–Crippen MR) is 71.7 cm³/mol. The summed E-state index contributed by atoms with van der Waals surface area (Å²) < 4.78 is 0. The van der Waals surface area contributed by atoms with Crippen LogP contribution in [-0.2, 0) is 0 Å². The quantitative estimate of drug-likeness (QED) is 0.775. The smallest absolute Gasteiger partial charge is 0.0114 e. The highest BCUT2D eigenvalue weighted by molar-refractivity contribution is 4.85. The molecular formula is C14H30N2. The third-order valence-corrected chi connectivity index (χ3v) is 4.61. The van der Waals surface area contributed by atoms with Gasteiger partial charge in [-0.2, -0.15) is 0 Å². The van der Waals surface area contributed by atoms with E-state index in [1.165, 1.54) is 32.4 Å². The Bertz CT molecular complexity index is 189. The zero-order valence-electron chi connectivity index (χ0n) is 11.8. The maximum absolute atomic E-state index is 3.44. The first kappa shape index (κ1) is 14.0. The van der Waals surface area contributed by atoms with Gasteiger partial charge in [-0.3, -0.25) is 0 Å². The fraction of sp³-hybridized carbons (Fsp3) is 1.00. The molecule has 16 heavy (non-hydrogen) atoms. The highest BCUT2D eigenvalue weighted by atomic mass is 15.2. The van der Waals surface area contributed by atoms with Gasteiger partial charge in [-0.1, -0.05) is 33.6 Å². The molecule has 3 unspecified atom stereocenters. The lowest BCUT2D eigenvalue weighted by molar-refractivity contribution is 0.0810. The molecule has 2 nitrogen and oxygen atoms in total. The van der Waals surface area contributed by atoms with Gasteiger partial charge in [0.25, 0.3) is 0 Å². The minimum atomic E-state index is 0.727. The van der Waals surface area contributed by atoms with Gasteiger partial charge in [0, 0.05) is 18.6 Å². The Morgan fingerprint density at radius 3 is 2.38 bits per heavy atom. The van der Waals surface area contributed by atoms with Crippen molar-refractivity contribution in [1.29, 1.82) is 0 Å². The van der Waals surface area contributed by atoms with E-state index in [1.54, 1.807) is 0 Å². The van der Waals surface area contributed by atoms with E-state index in [1.807, 2.05) is 0 Å². The zero-order valence-corrected chi connectivity index (χ0v) is 11.8. The minimum absolute atomic E-state index is 0.727. The molecule has 1 aliphatic rings. The Kier molecular flexibility index (Phi) is 5.77. The molecule has 3 atom stereocenters. The highest BCUT2D eigenvalue weighted by Gasteiger charge is 2.29. The summed E-state index contributed by atoms with van der Waals surface area (Å²) in [5, 5.41) is 3.44. The van der Waals surface area contributed by atoms with Gasteiger partial charge in [0.05, 0.1) is 0 Å². The first-order valence-corrected chi connectivity index (χ1v) is 7.05. The second-order valence-electron chi connectivity index (χ2n) is 5.47. The second-order valence-corrected chi connectivity index (χ2v) is 5.47. The van der Waals surface area contributed by atoms with Crippen LogP contribution in [0.1, 0.15) is 47.0 Å². The number of nitrogens with zero attached hydrogens (tertiary/aromatic N) is 1. The van der Waals surface area contributed by atoms with Crippen LogP contribution < -0.4 is 5.32 Å². The summed E-state index contributed by atoms with van der Waals surface area (Å²) in [5.74, 6) is 1.66. The molecule has 96 valence electrons. The van der Waals surface area contributed by atoms with Crippen molar-refractivity contribution in [3.63, 3.8) is 0 Å². The summed E-state index contributed by atoms with van der Waals surface area (Å²) in [6, 6.07) is 1.49. The molecule has 0 radical (unpaired) electrons.